The predicted octanol–water partition coefficient (Wildman–Crippen LogP) is 12.7. The van der Waals surface area contributed by atoms with Crippen molar-refractivity contribution in [3.63, 3.8) is 0 Å². The van der Waals surface area contributed by atoms with Crippen LogP contribution in [0.5, 0.6) is 0 Å². The number of unbranched alkanes of at least 4 members (excludes halogenated alkanes) is 14. The number of allylic oxidation sites excluding steroid dienone is 2. The monoisotopic (exact) mass is 709 g/mol. The molecule has 5 rings (SSSR count). The Kier molecular flexibility index (Phi) is 13.1. The first-order valence-electron chi connectivity index (χ1n) is 22.2. The van der Waals surface area contributed by atoms with Crippen LogP contribution >= 0.6 is 0 Å². The van der Waals surface area contributed by atoms with Crippen LogP contribution in [0.1, 0.15) is 209 Å². The molecule has 9 atom stereocenters. The van der Waals surface area contributed by atoms with E-state index in [2.05, 4.69) is 61.5 Å². The number of hydrogen-bond acceptors (Lipinski definition) is 4. The highest BCUT2D eigenvalue weighted by atomic mass is 16.5. The Bertz CT molecular complexity index is 1230. The number of ether oxygens (including phenoxy) is 1. The Morgan fingerprint density at radius 3 is 1.86 bits per heavy atom. The zero-order chi connectivity index (χ0) is 37.1. The number of fused-ring (bicyclic) bond motifs is 7. The van der Waals surface area contributed by atoms with Crippen molar-refractivity contribution in [2.45, 2.75) is 216 Å². The van der Waals surface area contributed by atoms with E-state index in [1.54, 1.807) is 0 Å². The van der Waals surface area contributed by atoms with Crippen molar-refractivity contribution in [2.75, 3.05) is 6.61 Å². The van der Waals surface area contributed by atoms with Gasteiger partial charge in [0.05, 0.1) is 18.1 Å². The first kappa shape index (κ1) is 41.0. The van der Waals surface area contributed by atoms with Gasteiger partial charge in [-0.1, -0.05) is 144 Å². The number of rotatable bonds is 17. The first-order valence-corrected chi connectivity index (χ1v) is 22.2. The Balaban J connectivity index is 1.12. The number of ketones is 1. The summed E-state index contributed by atoms with van der Waals surface area (Å²) in [6, 6.07) is 0. The molecule has 0 heterocycles. The summed E-state index contributed by atoms with van der Waals surface area (Å²) < 4.78 is 6.05. The number of carbonyl (C=O) groups excluding carboxylic acids is 2. The number of aliphatic hydroxyl groups excluding tert-OH is 1. The smallest absolute Gasteiger partial charge is 0.311 e. The van der Waals surface area contributed by atoms with Gasteiger partial charge in [-0.25, -0.2) is 0 Å². The molecular formula is C47H80O4. The molecule has 292 valence electrons. The van der Waals surface area contributed by atoms with Gasteiger partial charge < -0.3 is 9.84 Å². The molecule has 0 aromatic carbocycles. The molecule has 0 bridgehead atoms. The fourth-order valence-electron chi connectivity index (χ4n) is 13.2. The third-order valence-electron chi connectivity index (χ3n) is 17.0. The van der Waals surface area contributed by atoms with Gasteiger partial charge in [0.25, 0.3) is 0 Å². The van der Waals surface area contributed by atoms with Crippen molar-refractivity contribution in [3.05, 3.63) is 11.6 Å². The lowest BCUT2D eigenvalue weighted by molar-refractivity contribution is -0.202. The molecule has 3 unspecified atom stereocenters. The molecule has 5 aliphatic rings. The Morgan fingerprint density at radius 1 is 0.725 bits per heavy atom. The van der Waals surface area contributed by atoms with Crippen LogP contribution in [0.3, 0.4) is 0 Å². The molecule has 4 fully saturated rings. The number of esters is 1. The quantitative estimate of drug-likeness (QED) is 0.121. The molecule has 0 spiro atoms. The van der Waals surface area contributed by atoms with Crippen LogP contribution in [-0.2, 0) is 14.3 Å². The van der Waals surface area contributed by atoms with E-state index in [-0.39, 0.29) is 51.0 Å². The van der Waals surface area contributed by atoms with Crippen molar-refractivity contribution >= 4 is 11.8 Å². The number of aliphatic hydroxyl groups is 1. The SMILES string of the molecule is CCCCCCCCCCCCCCCCCOC(=O)[C@@]1(C)CC[C@]2(C)CC[C@]3(C)C(=CC(=O)C4[C@@]5(C)CC[C@H](O)C(C)(C)C5CC[C@]43C)C2C1. The molecule has 4 nitrogen and oxygen atoms in total. The average Bonchev–Trinajstić information content (AvgIpc) is 3.08. The first-order chi connectivity index (χ1) is 24.1. The molecule has 4 saturated carbocycles. The van der Waals surface area contributed by atoms with Crippen LogP contribution in [0.15, 0.2) is 11.6 Å². The maximum atomic E-state index is 14.6. The molecular weight excluding hydrogens is 629 g/mol. The van der Waals surface area contributed by atoms with Crippen molar-refractivity contribution < 1.29 is 19.4 Å². The van der Waals surface area contributed by atoms with E-state index in [4.69, 9.17) is 4.74 Å². The number of carbonyl (C=O) groups is 2. The molecule has 51 heavy (non-hydrogen) atoms. The van der Waals surface area contributed by atoms with Crippen molar-refractivity contribution in [3.8, 4) is 0 Å². The second-order valence-corrected chi connectivity index (χ2v) is 20.7. The largest absolute Gasteiger partial charge is 0.465 e. The van der Waals surface area contributed by atoms with Gasteiger partial charge in [0.2, 0.25) is 0 Å². The second-order valence-electron chi connectivity index (χ2n) is 20.7. The summed E-state index contributed by atoms with van der Waals surface area (Å²) in [5.41, 5.74) is 0.548. The van der Waals surface area contributed by atoms with Crippen LogP contribution in [0.4, 0.5) is 0 Å². The predicted molar refractivity (Wildman–Crippen MR) is 211 cm³/mol. The summed E-state index contributed by atoms with van der Waals surface area (Å²) in [6.45, 7) is 19.3. The third-order valence-corrected chi connectivity index (χ3v) is 17.0. The minimum atomic E-state index is -0.493. The molecule has 1 N–H and O–H groups in total. The lowest BCUT2D eigenvalue weighted by atomic mass is 9.33. The molecule has 0 radical (unpaired) electrons. The van der Waals surface area contributed by atoms with Crippen LogP contribution in [0, 0.1) is 50.2 Å². The van der Waals surface area contributed by atoms with Gasteiger partial charge in [-0.05, 0) is 116 Å². The lowest BCUT2D eigenvalue weighted by Crippen LogP contribution is -2.66. The van der Waals surface area contributed by atoms with Crippen molar-refractivity contribution in [1.82, 2.24) is 0 Å². The summed E-state index contributed by atoms with van der Waals surface area (Å²) >= 11 is 0. The topological polar surface area (TPSA) is 63.6 Å². The summed E-state index contributed by atoms with van der Waals surface area (Å²) in [6.07, 6.45) is 30.6. The molecule has 4 heteroatoms. The van der Waals surface area contributed by atoms with Gasteiger partial charge in [-0.15, -0.1) is 0 Å². The van der Waals surface area contributed by atoms with E-state index in [1.807, 2.05) is 0 Å². The van der Waals surface area contributed by atoms with E-state index in [0.717, 1.165) is 70.6 Å². The molecule has 0 aliphatic heterocycles. The summed E-state index contributed by atoms with van der Waals surface area (Å²) in [5.74, 6) is 0.899. The summed E-state index contributed by atoms with van der Waals surface area (Å²) in [7, 11) is 0. The fourth-order valence-corrected chi connectivity index (χ4v) is 13.2. The molecule has 5 aliphatic carbocycles. The maximum absolute atomic E-state index is 14.6. The van der Waals surface area contributed by atoms with E-state index < -0.39 is 5.41 Å². The third kappa shape index (κ3) is 7.85. The second kappa shape index (κ2) is 16.3. The highest BCUT2D eigenvalue weighted by Crippen LogP contribution is 2.75. The standard InChI is InChI=1S/C47H80O4/c1-9-10-11-12-13-14-15-16-17-18-19-20-21-22-23-32-51-41(50)44(5)29-28-43(4)30-31-46(7)35(36(43)34-44)33-37(48)40-45(6)26-25-39(49)42(2,3)38(45)24-27-47(40,46)8/h33,36,38-40,49H,9-32,34H2,1-8H3/t36?,38?,39-,40?,43+,44-,45-,46+,47+/m0/s1. The van der Waals surface area contributed by atoms with Crippen LogP contribution < -0.4 is 0 Å². The van der Waals surface area contributed by atoms with E-state index in [0.29, 0.717) is 18.3 Å². The molecule has 0 amide bonds. The minimum Gasteiger partial charge on any atom is -0.465 e. The van der Waals surface area contributed by atoms with Crippen LogP contribution in [0.25, 0.3) is 0 Å². The van der Waals surface area contributed by atoms with E-state index in [1.165, 1.54) is 89.0 Å². The Morgan fingerprint density at radius 2 is 1.27 bits per heavy atom. The Labute approximate surface area is 314 Å². The van der Waals surface area contributed by atoms with Gasteiger partial charge in [-0.2, -0.15) is 0 Å². The molecule has 0 aromatic rings. The van der Waals surface area contributed by atoms with Crippen molar-refractivity contribution in [2.24, 2.45) is 50.2 Å². The zero-order valence-electron chi connectivity index (χ0n) is 34.7. The maximum Gasteiger partial charge on any atom is 0.311 e. The lowest BCUT2D eigenvalue weighted by Gasteiger charge is -2.70. The zero-order valence-corrected chi connectivity index (χ0v) is 34.7. The van der Waals surface area contributed by atoms with E-state index in [9.17, 15) is 14.7 Å². The minimum absolute atomic E-state index is 0.00923. The van der Waals surface area contributed by atoms with Gasteiger partial charge in [0, 0.05) is 5.92 Å². The number of hydrogen-bond donors (Lipinski definition) is 1. The average molecular weight is 709 g/mol. The van der Waals surface area contributed by atoms with Crippen LogP contribution in [-0.4, -0.2) is 29.6 Å². The van der Waals surface area contributed by atoms with Gasteiger partial charge in [0.15, 0.2) is 5.78 Å². The van der Waals surface area contributed by atoms with Crippen LogP contribution in [0.2, 0.25) is 0 Å². The fraction of sp³-hybridized carbons (Fsp3) is 0.915. The van der Waals surface area contributed by atoms with Crippen molar-refractivity contribution in [1.29, 1.82) is 0 Å². The Hall–Kier alpha value is -1.16. The molecule has 0 aromatic heterocycles. The highest BCUT2D eigenvalue weighted by Gasteiger charge is 2.70. The normalized spacial score (nSPS) is 40.0. The molecule has 0 saturated heterocycles. The summed E-state index contributed by atoms with van der Waals surface area (Å²) in [4.78, 5) is 28.4. The van der Waals surface area contributed by atoms with Gasteiger partial charge >= 0.3 is 5.97 Å². The van der Waals surface area contributed by atoms with Gasteiger partial charge in [0.1, 0.15) is 0 Å². The highest BCUT2D eigenvalue weighted by molar-refractivity contribution is 5.95. The van der Waals surface area contributed by atoms with E-state index >= 15 is 0 Å². The van der Waals surface area contributed by atoms with Gasteiger partial charge in [-0.3, -0.25) is 9.59 Å². The summed E-state index contributed by atoms with van der Waals surface area (Å²) in [5, 5.41) is 11.0.